The molecule has 4 atom stereocenters. The maximum atomic E-state index is 12.5. The average molecular weight is 312 g/mol. The SMILES string of the molecule is Cc1ccc(NC(=O)CN2C(=O)[C@H]3[C@@H]4CC[C@@H](C4)[C@@H]3C2=O)cc1. The van der Waals surface area contributed by atoms with E-state index in [4.69, 9.17) is 0 Å². The number of benzene rings is 1. The number of amides is 3. The molecule has 1 N–H and O–H groups in total. The fraction of sp³-hybridized carbons (Fsp3) is 0.500. The molecule has 0 aromatic heterocycles. The summed E-state index contributed by atoms with van der Waals surface area (Å²) in [7, 11) is 0. The molecule has 3 fully saturated rings. The molecule has 0 unspecified atom stereocenters. The molecule has 1 heterocycles. The second kappa shape index (κ2) is 5.18. The van der Waals surface area contributed by atoms with Crippen molar-refractivity contribution < 1.29 is 14.4 Å². The van der Waals surface area contributed by atoms with Crippen LogP contribution >= 0.6 is 0 Å². The molecule has 2 aliphatic carbocycles. The lowest BCUT2D eigenvalue weighted by Gasteiger charge is -2.19. The van der Waals surface area contributed by atoms with Crippen molar-refractivity contribution in [3.8, 4) is 0 Å². The predicted molar refractivity (Wildman–Crippen MR) is 84.3 cm³/mol. The molecule has 120 valence electrons. The highest BCUT2D eigenvalue weighted by Gasteiger charge is 2.60. The van der Waals surface area contributed by atoms with Crippen LogP contribution in [0, 0.1) is 30.6 Å². The van der Waals surface area contributed by atoms with Crippen molar-refractivity contribution in [2.45, 2.75) is 26.2 Å². The maximum absolute atomic E-state index is 12.5. The summed E-state index contributed by atoms with van der Waals surface area (Å²) < 4.78 is 0. The molecule has 0 spiro atoms. The third-order valence-corrected chi connectivity index (χ3v) is 5.66. The van der Waals surface area contributed by atoms with E-state index in [0.29, 0.717) is 17.5 Å². The number of nitrogens with zero attached hydrogens (tertiary/aromatic N) is 1. The van der Waals surface area contributed by atoms with Crippen molar-refractivity contribution in [3.05, 3.63) is 29.8 Å². The largest absolute Gasteiger partial charge is 0.325 e. The highest BCUT2D eigenvalue weighted by molar-refractivity contribution is 6.09. The Bertz CT molecular complexity index is 654. The minimum Gasteiger partial charge on any atom is -0.325 e. The zero-order valence-corrected chi connectivity index (χ0v) is 13.1. The van der Waals surface area contributed by atoms with Crippen molar-refractivity contribution in [2.75, 3.05) is 11.9 Å². The van der Waals surface area contributed by atoms with Crippen LogP contribution < -0.4 is 5.32 Å². The zero-order valence-electron chi connectivity index (χ0n) is 13.1. The second-order valence-electron chi connectivity index (χ2n) is 7.06. The lowest BCUT2D eigenvalue weighted by molar-refractivity contribution is -0.143. The summed E-state index contributed by atoms with van der Waals surface area (Å²) in [5, 5.41) is 2.76. The molecule has 5 heteroatoms. The first-order valence-corrected chi connectivity index (χ1v) is 8.26. The van der Waals surface area contributed by atoms with Crippen molar-refractivity contribution in [1.82, 2.24) is 4.90 Å². The number of nitrogens with one attached hydrogen (secondary N) is 1. The van der Waals surface area contributed by atoms with Crippen LogP contribution in [0.2, 0.25) is 0 Å². The molecule has 2 saturated carbocycles. The van der Waals surface area contributed by atoms with Gasteiger partial charge in [-0.15, -0.1) is 0 Å². The Morgan fingerprint density at radius 3 is 2.22 bits per heavy atom. The highest BCUT2D eigenvalue weighted by Crippen LogP contribution is 2.56. The molecule has 1 saturated heterocycles. The molecule has 1 aromatic rings. The molecular weight excluding hydrogens is 292 g/mol. The Labute approximate surface area is 135 Å². The monoisotopic (exact) mass is 312 g/mol. The number of fused-ring (bicyclic) bond motifs is 5. The Kier molecular flexibility index (Phi) is 3.25. The maximum Gasteiger partial charge on any atom is 0.244 e. The minimum atomic E-state index is -0.317. The Balaban J connectivity index is 1.44. The molecule has 3 aliphatic rings. The number of aryl methyl sites for hydroxylation is 1. The van der Waals surface area contributed by atoms with Crippen LogP contribution in [-0.4, -0.2) is 29.2 Å². The van der Waals surface area contributed by atoms with Crippen LogP contribution in [0.4, 0.5) is 5.69 Å². The number of imide groups is 1. The van der Waals surface area contributed by atoms with E-state index >= 15 is 0 Å². The average Bonchev–Trinajstić information content (AvgIpc) is 3.19. The molecule has 0 radical (unpaired) electrons. The van der Waals surface area contributed by atoms with Crippen LogP contribution in [0.5, 0.6) is 0 Å². The van der Waals surface area contributed by atoms with Gasteiger partial charge in [0.05, 0.1) is 11.8 Å². The first-order chi connectivity index (χ1) is 11.0. The topological polar surface area (TPSA) is 66.5 Å². The molecule has 3 amide bonds. The van der Waals surface area contributed by atoms with Gasteiger partial charge < -0.3 is 5.32 Å². The normalized spacial score (nSPS) is 31.6. The van der Waals surface area contributed by atoms with E-state index in [1.165, 1.54) is 4.90 Å². The number of hydrogen-bond acceptors (Lipinski definition) is 3. The summed E-state index contributed by atoms with van der Waals surface area (Å²) in [6, 6.07) is 7.44. The third kappa shape index (κ3) is 2.26. The van der Waals surface area contributed by atoms with E-state index in [-0.39, 0.29) is 36.1 Å². The molecule has 1 aromatic carbocycles. The lowest BCUT2D eigenvalue weighted by atomic mass is 9.81. The van der Waals surface area contributed by atoms with Gasteiger partial charge >= 0.3 is 0 Å². The van der Waals surface area contributed by atoms with Crippen LogP contribution in [0.3, 0.4) is 0 Å². The van der Waals surface area contributed by atoms with Crippen molar-refractivity contribution in [2.24, 2.45) is 23.7 Å². The van der Waals surface area contributed by atoms with Gasteiger partial charge in [-0.25, -0.2) is 0 Å². The van der Waals surface area contributed by atoms with E-state index < -0.39 is 0 Å². The standard InChI is InChI=1S/C18H20N2O3/c1-10-2-6-13(7-3-10)19-14(21)9-20-17(22)15-11-4-5-12(8-11)16(15)18(20)23/h2-3,6-7,11-12,15-16H,4-5,8-9H2,1H3,(H,19,21)/t11-,12+,15-,16-/m0/s1. The Hall–Kier alpha value is -2.17. The molecular formula is C18H20N2O3. The van der Waals surface area contributed by atoms with Gasteiger partial charge in [-0.05, 0) is 50.2 Å². The summed E-state index contributed by atoms with van der Waals surface area (Å²) in [6.07, 6.45) is 3.11. The van der Waals surface area contributed by atoms with Crippen LogP contribution in [0.25, 0.3) is 0 Å². The van der Waals surface area contributed by atoms with E-state index in [9.17, 15) is 14.4 Å². The van der Waals surface area contributed by atoms with Gasteiger partial charge in [0.25, 0.3) is 0 Å². The summed E-state index contributed by atoms with van der Waals surface area (Å²) in [6.45, 7) is 1.80. The predicted octanol–water partition coefficient (Wildman–Crippen LogP) is 1.96. The summed E-state index contributed by atoms with van der Waals surface area (Å²) in [4.78, 5) is 38.5. The number of carbonyl (C=O) groups is 3. The minimum absolute atomic E-state index is 0.133. The van der Waals surface area contributed by atoms with E-state index in [1.807, 2.05) is 31.2 Å². The van der Waals surface area contributed by atoms with Crippen molar-refractivity contribution in [3.63, 3.8) is 0 Å². The fourth-order valence-electron chi connectivity index (χ4n) is 4.61. The van der Waals surface area contributed by atoms with E-state index in [1.54, 1.807) is 0 Å². The first-order valence-electron chi connectivity index (χ1n) is 8.26. The molecule has 23 heavy (non-hydrogen) atoms. The molecule has 4 rings (SSSR count). The van der Waals surface area contributed by atoms with Gasteiger partial charge in [-0.2, -0.15) is 0 Å². The molecule has 5 nitrogen and oxygen atoms in total. The second-order valence-corrected chi connectivity index (χ2v) is 7.06. The third-order valence-electron chi connectivity index (χ3n) is 5.66. The summed E-state index contributed by atoms with van der Waals surface area (Å²) in [5.74, 6) is -0.194. The zero-order chi connectivity index (χ0) is 16.1. The lowest BCUT2D eigenvalue weighted by Crippen LogP contribution is -2.39. The summed E-state index contributed by atoms with van der Waals surface area (Å²) >= 11 is 0. The van der Waals surface area contributed by atoms with Gasteiger partial charge in [0, 0.05) is 5.69 Å². The van der Waals surface area contributed by atoms with E-state index in [0.717, 1.165) is 24.8 Å². The number of anilines is 1. The van der Waals surface area contributed by atoms with Crippen molar-refractivity contribution in [1.29, 1.82) is 0 Å². The highest BCUT2D eigenvalue weighted by atomic mass is 16.2. The quantitative estimate of drug-likeness (QED) is 0.868. The van der Waals surface area contributed by atoms with Gasteiger partial charge in [0.2, 0.25) is 17.7 Å². The van der Waals surface area contributed by atoms with Gasteiger partial charge in [-0.1, -0.05) is 17.7 Å². The number of carbonyl (C=O) groups excluding carboxylic acids is 3. The van der Waals surface area contributed by atoms with Gasteiger partial charge in [0.1, 0.15) is 6.54 Å². The van der Waals surface area contributed by atoms with Gasteiger partial charge in [0.15, 0.2) is 0 Å². The number of rotatable bonds is 3. The fourth-order valence-corrected chi connectivity index (χ4v) is 4.61. The van der Waals surface area contributed by atoms with E-state index in [2.05, 4.69) is 5.32 Å². The Morgan fingerprint density at radius 1 is 1.09 bits per heavy atom. The summed E-state index contributed by atoms with van der Waals surface area (Å²) in [5.41, 5.74) is 1.79. The smallest absolute Gasteiger partial charge is 0.244 e. The Morgan fingerprint density at radius 2 is 1.65 bits per heavy atom. The molecule has 2 bridgehead atoms. The van der Waals surface area contributed by atoms with Crippen LogP contribution in [0.1, 0.15) is 24.8 Å². The number of likely N-dealkylation sites (tertiary alicyclic amines) is 1. The van der Waals surface area contributed by atoms with Gasteiger partial charge in [-0.3, -0.25) is 19.3 Å². The van der Waals surface area contributed by atoms with Crippen molar-refractivity contribution >= 4 is 23.4 Å². The van der Waals surface area contributed by atoms with Crippen LogP contribution in [0.15, 0.2) is 24.3 Å². The number of hydrogen-bond donors (Lipinski definition) is 1. The first kappa shape index (κ1) is 14.4. The van der Waals surface area contributed by atoms with Crippen LogP contribution in [-0.2, 0) is 14.4 Å². The molecule has 1 aliphatic heterocycles.